The van der Waals surface area contributed by atoms with Crippen LogP contribution >= 0.6 is 11.7 Å². The van der Waals surface area contributed by atoms with Gasteiger partial charge < -0.3 is 28.4 Å². The molecule has 1 aromatic carbocycles. The van der Waals surface area contributed by atoms with Gasteiger partial charge >= 0.3 is 18.3 Å². The van der Waals surface area contributed by atoms with E-state index < -0.39 is 18.3 Å². The Morgan fingerprint density at radius 2 is 1.51 bits per heavy atom. The third-order valence-corrected chi connectivity index (χ3v) is 8.58. The standard InChI is InChI=1S/C26H36N4O6SSi2/c1-2-3-4-5-6-22-19-23(20-7-11-29(12-8-20)15-17-36-38(31)32)25-26(28-37-27-25)24(22)21-9-13-30(14-10-21)16-18-39(33,34)35/h7-14,19,31-35,38H,2-6,15-18H2,1H3/q+2. The molecular weight excluding hydrogens is 553 g/mol. The highest BCUT2D eigenvalue weighted by molar-refractivity contribution is 7.00. The second kappa shape index (κ2) is 13.7. The van der Waals surface area contributed by atoms with Crippen LogP contribution < -0.4 is 9.13 Å². The van der Waals surface area contributed by atoms with Crippen LogP contribution in [0.25, 0.3) is 33.3 Å². The van der Waals surface area contributed by atoms with Gasteiger partial charge in [0.1, 0.15) is 11.0 Å². The summed E-state index contributed by atoms with van der Waals surface area (Å²) in [5.41, 5.74) is 7.04. The smallest absolute Gasteiger partial charge is 0.392 e. The van der Waals surface area contributed by atoms with Crippen molar-refractivity contribution in [2.45, 2.75) is 58.2 Å². The molecule has 0 atom stereocenters. The normalized spacial score (nSPS) is 12.1. The van der Waals surface area contributed by atoms with E-state index in [9.17, 15) is 14.4 Å². The number of fused-ring (bicyclic) bond motifs is 1. The van der Waals surface area contributed by atoms with Crippen LogP contribution in [0.5, 0.6) is 0 Å². The zero-order chi connectivity index (χ0) is 27.8. The lowest BCUT2D eigenvalue weighted by atomic mass is 9.90. The molecule has 13 heteroatoms. The van der Waals surface area contributed by atoms with E-state index in [4.69, 9.17) is 18.4 Å². The number of aryl methyl sites for hydroxylation is 2. The molecule has 5 N–H and O–H groups in total. The Balaban J connectivity index is 1.68. The summed E-state index contributed by atoms with van der Waals surface area (Å²) < 4.78 is 18.1. The number of nitrogens with zero attached hydrogens (tertiary/aromatic N) is 4. The number of rotatable bonds is 14. The van der Waals surface area contributed by atoms with Gasteiger partial charge in [-0.2, -0.15) is 8.75 Å². The van der Waals surface area contributed by atoms with Gasteiger partial charge in [-0.05, 0) is 35.6 Å². The van der Waals surface area contributed by atoms with Crippen LogP contribution in [0.2, 0.25) is 6.04 Å². The Morgan fingerprint density at radius 1 is 0.872 bits per heavy atom. The number of pyridine rings is 2. The molecule has 0 radical (unpaired) electrons. The molecule has 39 heavy (non-hydrogen) atoms. The van der Waals surface area contributed by atoms with Crippen molar-refractivity contribution in [2.75, 3.05) is 6.61 Å². The van der Waals surface area contributed by atoms with E-state index in [2.05, 4.69) is 17.4 Å². The van der Waals surface area contributed by atoms with Crippen LogP contribution in [0.3, 0.4) is 0 Å². The summed E-state index contributed by atoms with van der Waals surface area (Å²) in [7, 11) is -7.11. The maximum absolute atomic E-state index is 9.36. The lowest BCUT2D eigenvalue weighted by Gasteiger charge is -2.14. The van der Waals surface area contributed by atoms with Gasteiger partial charge in [-0.1, -0.05) is 26.2 Å². The fourth-order valence-corrected chi connectivity index (χ4v) is 6.02. The van der Waals surface area contributed by atoms with E-state index in [1.165, 1.54) is 30.1 Å². The van der Waals surface area contributed by atoms with Gasteiger partial charge in [0.05, 0.1) is 24.4 Å². The molecule has 3 heterocycles. The van der Waals surface area contributed by atoms with Crippen LogP contribution in [0, 0.1) is 0 Å². The Hall–Kier alpha value is -2.47. The van der Waals surface area contributed by atoms with Crippen molar-refractivity contribution in [2.24, 2.45) is 0 Å². The maximum Gasteiger partial charge on any atom is 0.499 e. The molecule has 0 aliphatic carbocycles. The number of hydrogen-bond acceptors (Lipinski definition) is 9. The predicted molar refractivity (Wildman–Crippen MR) is 151 cm³/mol. The number of benzene rings is 1. The summed E-state index contributed by atoms with van der Waals surface area (Å²) in [6.07, 6.45) is 13.2. The first kappa shape index (κ1) is 29.5. The zero-order valence-corrected chi connectivity index (χ0v) is 25.0. The number of unbranched alkanes of at least 4 members (excludes halogenated alkanes) is 3. The molecule has 0 saturated heterocycles. The largest absolute Gasteiger partial charge is 0.499 e. The Kier molecular flexibility index (Phi) is 10.4. The van der Waals surface area contributed by atoms with Gasteiger partial charge in [-0.15, -0.1) is 0 Å². The highest BCUT2D eigenvalue weighted by Gasteiger charge is 2.28. The number of aromatic nitrogens is 4. The van der Waals surface area contributed by atoms with Gasteiger partial charge in [0.25, 0.3) is 0 Å². The fourth-order valence-electron chi connectivity index (χ4n) is 4.58. The molecule has 208 valence electrons. The van der Waals surface area contributed by atoms with E-state index in [-0.39, 0.29) is 12.7 Å². The molecule has 10 nitrogen and oxygen atoms in total. The van der Waals surface area contributed by atoms with E-state index in [1.807, 2.05) is 58.2 Å². The second-order valence-electron chi connectivity index (χ2n) is 9.60. The minimum Gasteiger partial charge on any atom is -0.392 e. The van der Waals surface area contributed by atoms with E-state index in [0.717, 1.165) is 52.5 Å². The Labute approximate surface area is 234 Å². The summed E-state index contributed by atoms with van der Waals surface area (Å²) in [6, 6.07) is 10.2. The van der Waals surface area contributed by atoms with Crippen molar-refractivity contribution < 1.29 is 37.5 Å². The van der Waals surface area contributed by atoms with Gasteiger partial charge in [0, 0.05) is 35.4 Å². The molecule has 0 bridgehead atoms. The summed E-state index contributed by atoms with van der Waals surface area (Å²) in [6.45, 7) is 3.28. The van der Waals surface area contributed by atoms with E-state index >= 15 is 0 Å². The highest BCUT2D eigenvalue weighted by atomic mass is 32.1. The average molecular weight is 589 g/mol. The molecule has 0 aliphatic heterocycles. The fraction of sp³-hybridized carbons (Fsp3) is 0.385. The molecular formula is C26H36N4O6SSi2+2. The van der Waals surface area contributed by atoms with Crippen LogP contribution in [-0.4, -0.2) is 57.7 Å². The van der Waals surface area contributed by atoms with Crippen molar-refractivity contribution in [3.05, 3.63) is 60.7 Å². The van der Waals surface area contributed by atoms with Gasteiger partial charge in [-0.3, -0.25) is 0 Å². The SMILES string of the molecule is CCCCCCc1cc(-c2cc[n+](CCO[SiH](O)O)cc2)c2nsnc2c1-c1cc[n+](CC[Si](O)(O)O)cc1. The topological polar surface area (TPSA) is 144 Å². The molecule has 0 spiro atoms. The van der Waals surface area contributed by atoms with Crippen LogP contribution in [0.15, 0.2) is 55.1 Å². The summed E-state index contributed by atoms with van der Waals surface area (Å²) in [5, 5.41) is 0. The molecule has 0 amide bonds. The van der Waals surface area contributed by atoms with Gasteiger partial charge in [-0.25, -0.2) is 9.13 Å². The quantitative estimate of drug-likeness (QED) is 0.0844. The van der Waals surface area contributed by atoms with Crippen LogP contribution in [0.4, 0.5) is 0 Å². The lowest BCUT2D eigenvalue weighted by Crippen LogP contribution is -2.42. The minimum atomic E-state index is -4.09. The Bertz CT molecular complexity index is 1350. The van der Waals surface area contributed by atoms with Gasteiger partial charge in [0.15, 0.2) is 37.9 Å². The monoisotopic (exact) mass is 588 g/mol. The first-order chi connectivity index (χ1) is 18.7. The zero-order valence-electron chi connectivity index (χ0n) is 22.0. The van der Waals surface area contributed by atoms with Crippen molar-refractivity contribution in [3.63, 3.8) is 0 Å². The van der Waals surface area contributed by atoms with Crippen molar-refractivity contribution in [3.8, 4) is 22.3 Å². The molecule has 0 aliphatic rings. The van der Waals surface area contributed by atoms with E-state index in [1.54, 1.807) is 0 Å². The first-order valence-electron chi connectivity index (χ1n) is 13.2. The predicted octanol–water partition coefficient (Wildman–Crippen LogP) is 1.36. The Morgan fingerprint density at radius 3 is 2.15 bits per heavy atom. The van der Waals surface area contributed by atoms with Crippen LogP contribution in [0.1, 0.15) is 38.2 Å². The van der Waals surface area contributed by atoms with Crippen molar-refractivity contribution in [1.29, 1.82) is 0 Å². The third-order valence-electron chi connectivity index (χ3n) is 6.62. The summed E-state index contributed by atoms with van der Waals surface area (Å²) >= 11 is 1.19. The second-order valence-corrected chi connectivity index (χ2v) is 13.2. The minimum absolute atomic E-state index is 0.0656. The molecule has 4 rings (SSSR count). The summed E-state index contributed by atoms with van der Waals surface area (Å²) in [5.74, 6) is 0. The van der Waals surface area contributed by atoms with Crippen molar-refractivity contribution in [1.82, 2.24) is 8.75 Å². The third kappa shape index (κ3) is 8.26. The first-order valence-corrected chi connectivity index (χ1v) is 17.5. The molecule has 3 aromatic heterocycles. The molecule has 0 fully saturated rings. The lowest BCUT2D eigenvalue weighted by molar-refractivity contribution is -0.697. The maximum atomic E-state index is 9.36. The van der Waals surface area contributed by atoms with Crippen molar-refractivity contribution >= 4 is 41.1 Å². The molecule has 0 saturated carbocycles. The number of hydrogen-bond donors (Lipinski definition) is 5. The van der Waals surface area contributed by atoms with Gasteiger partial charge in [0.2, 0.25) is 0 Å². The molecule has 0 unspecified atom stereocenters. The molecule has 4 aromatic rings. The van der Waals surface area contributed by atoms with Crippen LogP contribution in [-0.2, 0) is 23.9 Å². The average Bonchev–Trinajstić information content (AvgIpc) is 3.39. The highest BCUT2D eigenvalue weighted by Crippen LogP contribution is 2.38. The van der Waals surface area contributed by atoms with E-state index in [0.29, 0.717) is 13.1 Å². The summed E-state index contributed by atoms with van der Waals surface area (Å²) in [4.78, 5) is 46.1.